The molecule has 144 valence electrons. The average molecular weight is 381 g/mol. The van der Waals surface area contributed by atoms with E-state index in [2.05, 4.69) is 56.3 Å². The van der Waals surface area contributed by atoms with E-state index in [1.807, 2.05) is 0 Å². The molecule has 0 aliphatic carbocycles. The van der Waals surface area contributed by atoms with Gasteiger partial charge in [-0.2, -0.15) is 4.98 Å². The van der Waals surface area contributed by atoms with E-state index in [4.69, 9.17) is 0 Å². The first-order valence-corrected chi connectivity index (χ1v) is 9.20. The molecule has 1 N–H and O–H groups in total. The predicted octanol–water partition coefficient (Wildman–Crippen LogP) is 4.13. The lowest BCUT2D eigenvalue weighted by atomic mass is 10.2. The Labute approximate surface area is 162 Å². The molecule has 1 fully saturated rings. The van der Waals surface area contributed by atoms with Crippen molar-refractivity contribution in [2.75, 3.05) is 41.3 Å². The fraction of sp³-hybridized carbons (Fsp3) is 0.238. The van der Waals surface area contributed by atoms with Gasteiger partial charge in [0.2, 0.25) is 5.95 Å². The molecule has 0 radical (unpaired) electrons. The minimum absolute atomic E-state index is 0.176. The average Bonchev–Trinajstić information content (AvgIpc) is 2.71. The normalized spacial score (nSPS) is 14.2. The van der Waals surface area contributed by atoms with E-state index < -0.39 is 11.6 Å². The lowest BCUT2D eigenvalue weighted by molar-refractivity contribution is 0.586. The van der Waals surface area contributed by atoms with Gasteiger partial charge in [-0.05, 0) is 42.8 Å². The topological polar surface area (TPSA) is 44.3 Å². The number of aryl methyl sites for hydroxylation is 1. The van der Waals surface area contributed by atoms with Crippen LogP contribution in [-0.2, 0) is 0 Å². The van der Waals surface area contributed by atoms with E-state index in [1.165, 1.54) is 23.4 Å². The lowest BCUT2D eigenvalue weighted by Gasteiger charge is -2.36. The smallest absolute Gasteiger partial charge is 0.227 e. The Bertz CT molecular complexity index is 971. The van der Waals surface area contributed by atoms with Crippen LogP contribution in [0.15, 0.2) is 54.7 Å². The van der Waals surface area contributed by atoms with E-state index in [9.17, 15) is 8.78 Å². The van der Waals surface area contributed by atoms with Crippen molar-refractivity contribution < 1.29 is 8.78 Å². The van der Waals surface area contributed by atoms with Gasteiger partial charge in [-0.25, -0.2) is 13.8 Å². The van der Waals surface area contributed by atoms with Gasteiger partial charge < -0.3 is 15.1 Å². The summed E-state index contributed by atoms with van der Waals surface area (Å²) in [5.41, 5.74) is 2.65. The summed E-state index contributed by atoms with van der Waals surface area (Å²) in [5, 5.41) is 2.89. The van der Waals surface area contributed by atoms with E-state index in [0.717, 1.165) is 32.2 Å². The minimum Gasteiger partial charge on any atom is -0.368 e. The third kappa shape index (κ3) is 4.03. The number of anilines is 4. The van der Waals surface area contributed by atoms with E-state index in [1.54, 1.807) is 12.3 Å². The molecule has 0 atom stereocenters. The molecule has 1 aliphatic rings. The van der Waals surface area contributed by atoms with Crippen molar-refractivity contribution in [3.63, 3.8) is 0 Å². The van der Waals surface area contributed by atoms with Crippen LogP contribution in [0.25, 0.3) is 0 Å². The number of benzene rings is 2. The highest BCUT2D eigenvalue weighted by atomic mass is 19.1. The molecule has 28 heavy (non-hydrogen) atoms. The number of nitrogens with zero attached hydrogens (tertiary/aromatic N) is 4. The van der Waals surface area contributed by atoms with Crippen LogP contribution in [0.2, 0.25) is 0 Å². The Kier molecular flexibility index (Phi) is 5.06. The second kappa shape index (κ2) is 7.80. The number of hydrogen-bond donors (Lipinski definition) is 1. The first kappa shape index (κ1) is 18.2. The monoisotopic (exact) mass is 381 g/mol. The first-order valence-electron chi connectivity index (χ1n) is 9.20. The van der Waals surface area contributed by atoms with Gasteiger partial charge in [0.25, 0.3) is 0 Å². The summed E-state index contributed by atoms with van der Waals surface area (Å²) in [5.74, 6) is -0.210. The number of hydrogen-bond acceptors (Lipinski definition) is 5. The number of halogens is 2. The zero-order chi connectivity index (χ0) is 19.5. The summed E-state index contributed by atoms with van der Waals surface area (Å²) in [4.78, 5) is 13.3. The van der Waals surface area contributed by atoms with Crippen LogP contribution in [0.3, 0.4) is 0 Å². The van der Waals surface area contributed by atoms with Gasteiger partial charge in [0.1, 0.15) is 17.5 Å². The molecule has 7 heteroatoms. The van der Waals surface area contributed by atoms with Crippen LogP contribution in [-0.4, -0.2) is 36.1 Å². The number of nitrogens with one attached hydrogen (secondary N) is 1. The largest absolute Gasteiger partial charge is 0.368 e. The molecule has 5 nitrogen and oxygen atoms in total. The summed E-state index contributed by atoms with van der Waals surface area (Å²) < 4.78 is 26.9. The highest BCUT2D eigenvalue weighted by Gasteiger charge is 2.19. The van der Waals surface area contributed by atoms with Crippen LogP contribution in [0.5, 0.6) is 0 Å². The van der Waals surface area contributed by atoms with Gasteiger partial charge in [-0.15, -0.1) is 0 Å². The van der Waals surface area contributed by atoms with Gasteiger partial charge in [0, 0.05) is 44.1 Å². The molecule has 2 heterocycles. The molecule has 1 aromatic heterocycles. The Morgan fingerprint density at radius 1 is 0.929 bits per heavy atom. The zero-order valence-electron chi connectivity index (χ0n) is 15.6. The van der Waals surface area contributed by atoms with Gasteiger partial charge in [-0.1, -0.05) is 12.1 Å². The summed E-state index contributed by atoms with van der Waals surface area (Å²) in [6, 6.07) is 13.5. The molecular formula is C21H21F2N5. The number of aromatic nitrogens is 2. The lowest BCUT2D eigenvalue weighted by Crippen LogP contribution is -2.47. The van der Waals surface area contributed by atoms with Gasteiger partial charge in [0.05, 0.1) is 5.69 Å². The molecule has 3 aromatic rings. The van der Waals surface area contributed by atoms with E-state index in [0.29, 0.717) is 11.8 Å². The van der Waals surface area contributed by atoms with Crippen molar-refractivity contribution in [2.24, 2.45) is 0 Å². The molecule has 0 saturated carbocycles. The third-order valence-corrected chi connectivity index (χ3v) is 4.77. The van der Waals surface area contributed by atoms with Crippen molar-refractivity contribution in [3.05, 3.63) is 71.9 Å². The summed E-state index contributed by atoms with van der Waals surface area (Å²) in [6.45, 7) is 5.43. The van der Waals surface area contributed by atoms with Crippen LogP contribution < -0.4 is 15.1 Å². The third-order valence-electron chi connectivity index (χ3n) is 4.77. The number of piperazine rings is 1. The van der Waals surface area contributed by atoms with Crippen molar-refractivity contribution in [3.8, 4) is 0 Å². The van der Waals surface area contributed by atoms with Crippen LogP contribution in [0.1, 0.15) is 5.56 Å². The molecule has 1 saturated heterocycles. The Balaban J connectivity index is 1.44. The second-order valence-electron chi connectivity index (χ2n) is 6.80. The zero-order valence-corrected chi connectivity index (χ0v) is 15.6. The SMILES string of the molecule is Cc1cccc(N2CCN(c3nccc(Nc4ccc(F)cc4F)n3)CC2)c1. The fourth-order valence-corrected chi connectivity index (χ4v) is 3.29. The van der Waals surface area contributed by atoms with E-state index in [-0.39, 0.29) is 5.69 Å². The highest BCUT2D eigenvalue weighted by molar-refractivity contribution is 5.58. The molecule has 0 unspecified atom stereocenters. The Morgan fingerprint density at radius 3 is 2.46 bits per heavy atom. The van der Waals surface area contributed by atoms with Gasteiger partial charge in [0.15, 0.2) is 0 Å². The van der Waals surface area contributed by atoms with Crippen molar-refractivity contribution in [2.45, 2.75) is 6.92 Å². The fourth-order valence-electron chi connectivity index (χ4n) is 3.29. The quantitative estimate of drug-likeness (QED) is 0.736. The minimum atomic E-state index is -0.660. The Hall–Kier alpha value is -3.22. The first-order chi connectivity index (χ1) is 13.6. The van der Waals surface area contributed by atoms with Crippen LogP contribution in [0, 0.1) is 18.6 Å². The summed E-state index contributed by atoms with van der Waals surface area (Å²) >= 11 is 0. The number of rotatable bonds is 4. The molecule has 4 rings (SSSR count). The maximum Gasteiger partial charge on any atom is 0.227 e. The van der Waals surface area contributed by atoms with Gasteiger partial charge >= 0.3 is 0 Å². The van der Waals surface area contributed by atoms with Crippen molar-refractivity contribution in [1.29, 1.82) is 0 Å². The highest BCUT2D eigenvalue weighted by Crippen LogP contribution is 2.22. The second-order valence-corrected chi connectivity index (χ2v) is 6.80. The maximum atomic E-state index is 13.9. The molecule has 2 aromatic carbocycles. The molecule has 0 amide bonds. The van der Waals surface area contributed by atoms with E-state index >= 15 is 0 Å². The molecular weight excluding hydrogens is 360 g/mol. The van der Waals surface area contributed by atoms with Crippen LogP contribution in [0.4, 0.5) is 31.9 Å². The van der Waals surface area contributed by atoms with Crippen molar-refractivity contribution >= 4 is 23.1 Å². The van der Waals surface area contributed by atoms with Crippen molar-refractivity contribution in [1.82, 2.24) is 9.97 Å². The molecule has 1 aliphatic heterocycles. The predicted molar refractivity (Wildman–Crippen MR) is 107 cm³/mol. The van der Waals surface area contributed by atoms with Gasteiger partial charge in [-0.3, -0.25) is 0 Å². The summed E-state index contributed by atoms with van der Waals surface area (Å²) in [6.07, 6.45) is 1.64. The standard InChI is InChI=1S/C21H21F2N5/c1-15-3-2-4-17(13-15)27-9-11-28(12-10-27)21-24-8-7-20(26-21)25-19-6-5-16(22)14-18(19)23/h2-8,13-14H,9-12H2,1H3,(H,24,25,26). The summed E-state index contributed by atoms with van der Waals surface area (Å²) in [7, 11) is 0. The Morgan fingerprint density at radius 2 is 1.71 bits per heavy atom. The maximum absolute atomic E-state index is 13.9. The molecule has 0 spiro atoms. The molecule has 0 bridgehead atoms. The van der Waals surface area contributed by atoms with Crippen LogP contribution >= 0.6 is 0 Å².